The van der Waals surface area contributed by atoms with E-state index in [1.54, 1.807) is 0 Å². The van der Waals surface area contributed by atoms with Gasteiger partial charge in [0.2, 0.25) is 10.0 Å². The van der Waals surface area contributed by atoms with Gasteiger partial charge in [0.15, 0.2) is 0 Å². The van der Waals surface area contributed by atoms with Gasteiger partial charge in [-0.3, -0.25) is 0 Å². The minimum atomic E-state index is -3.83. The molecule has 138 valence electrons. The molecule has 5 rings (SSSR count). The summed E-state index contributed by atoms with van der Waals surface area (Å²) in [7, 11) is -3.83. The van der Waals surface area contributed by atoms with Gasteiger partial charge in [0, 0.05) is 10.6 Å². The van der Waals surface area contributed by atoms with E-state index < -0.39 is 15.6 Å². The number of halogens is 3. The van der Waals surface area contributed by atoms with E-state index in [1.165, 1.54) is 31.4 Å². The molecule has 2 unspecified atom stereocenters. The van der Waals surface area contributed by atoms with Gasteiger partial charge >= 0.3 is 0 Å². The maximum atomic E-state index is 13.2. The average molecular weight is 423 g/mol. The minimum absolute atomic E-state index is 0.0622. The highest BCUT2D eigenvalue weighted by atomic mass is 35.5. The molecule has 4 saturated carbocycles. The van der Waals surface area contributed by atoms with E-state index in [0.717, 1.165) is 19.3 Å². The van der Waals surface area contributed by atoms with Gasteiger partial charge in [-0.1, -0.05) is 48.7 Å². The van der Waals surface area contributed by atoms with Crippen LogP contribution < -0.4 is 4.72 Å². The standard InChI is InChI=1S/C18H22Cl3NO2S/c1-16-5-11-6-17(2,8-16)10-18(7-11,9-16)22-25(23,24)15-13(20)3-12(19)4-14(15)21/h3-4,11,22H,5-10H2,1-2H3. The number of hydrogen-bond donors (Lipinski definition) is 1. The highest BCUT2D eigenvalue weighted by Crippen LogP contribution is 2.66. The lowest BCUT2D eigenvalue weighted by Gasteiger charge is -2.65. The number of sulfonamides is 1. The van der Waals surface area contributed by atoms with Crippen LogP contribution in [0.3, 0.4) is 0 Å². The quantitative estimate of drug-likeness (QED) is 0.681. The lowest BCUT2D eigenvalue weighted by molar-refractivity contribution is -0.110. The van der Waals surface area contributed by atoms with E-state index in [4.69, 9.17) is 34.8 Å². The lowest BCUT2D eigenvalue weighted by atomic mass is 9.43. The lowest BCUT2D eigenvalue weighted by Crippen LogP contribution is -2.65. The first-order valence-electron chi connectivity index (χ1n) is 8.62. The molecule has 1 aromatic rings. The minimum Gasteiger partial charge on any atom is -0.207 e. The molecule has 4 aliphatic carbocycles. The van der Waals surface area contributed by atoms with Crippen molar-refractivity contribution in [2.45, 2.75) is 62.8 Å². The first kappa shape index (κ1) is 18.4. The summed E-state index contributed by atoms with van der Waals surface area (Å²) in [6, 6.07) is 2.84. The molecular weight excluding hydrogens is 401 g/mol. The Balaban J connectivity index is 1.73. The molecule has 0 saturated heterocycles. The monoisotopic (exact) mass is 421 g/mol. The Labute approximate surface area is 164 Å². The van der Waals surface area contributed by atoms with Crippen molar-refractivity contribution in [3.8, 4) is 0 Å². The third-order valence-corrected chi connectivity index (χ3v) is 8.93. The third-order valence-electron chi connectivity index (χ3n) is 6.21. The van der Waals surface area contributed by atoms with Crippen molar-refractivity contribution in [2.75, 3.05) is 0 Å². The molecule has 0 aliphatic heterocycles. The molecule has 2 atom stereocenters. The second-order valence-electron chi connectivity index (χ2n) is 9.21. The zero-order valence-electron chi connectivity index (χ0n) is 14.3. The van der Waals surface area contributed by atoms with Crippen molar-refractivity contribution in [1.82, 2.24) is 4.72 Å². The highest BCUT2D eigenvalue weighted by molar-refractivity contribution is 7.89. The van der Waals surface area contributed by atoms with Crippen LogP contribution in [0.1, 0.15) is 52.4 Å². The maximum Gasteiger partial charge on any atom is 0.244 e. The van der Waals surface area contributed by atoms with Gasteiger partial charge in [0.1, 0.15) is 4.90 Å². The van der Waals surface area contributed by atoms with Crippen molar-refractivity contribution in [2.24, 2.45) is 16.7 Å². The fourth-order valence-corrected chi connectivity index (χ4v) is 9.64. The first-order valence-corrected chi connectivity index (χ1v) is 11.2. The Hall–Kier alpha value is -0.000000000000000111. The Morgan fingerprint density at radius 3 is 1.96 bits per heavy atom. The second-order valence-corrected chi connectivity index (χ2v) is 12.1. The summed E-state index contributed by atoms with van der Waals surface area (Å²) >= 11 is 18.3. The molecule has 0 radical (unpaired) electrons. The SMILES string of the molecule is CC12CC3CC(C)(C1)CC(NS(=O)(=O)c1c(Cl)cc(Cl)cc1Cl)(C3)C2. The van der Waals surface area contributed by atoms with Crippen LogP contribution in [0.5, 0.6) is 0 Å². The van der Waals surface area contributed by atoms with Crippen LogP contribution in [0.2, 0.25) is 15.1 Å². The molecule has 4 aliphatic rings. The second kappa shape index (κ2) is 5.51. The fraction of sp³-hybridized carbons (Fsp3) is 0.667. The smallest absolute Gasteiger partial charge is 0.207 e. The Morgan fingerprint density at radius 2 is 1.48 bits per heavy atom. The number of nitrogens with one attached hydrogen (secondary N) is 1. The zero-order valence-corrected chi connectivity index (χ0v) is 17.4. The Kier molecular flexibility index (Phi) is 4.05. The largest absolute Gasteiger partial charge is 0.244 e. The van der Waals surface area contributed by atoms with Gasteiger partial charge in [-0.15, -0.1) is 0 Å². The maximum absolute atomic E-state index is 13.2. The number of benzene rings is 1. The van der Waals surface area contributed by atoms with Crippen molar-refractivity contribution >= 4 is 44.8 Å². The van der Waals surface area contributed by atoms with E-state index in [-0.39, 0.29) is 25.8 Å². The molecule has 7 heteroatoms. The highest BCUT2D eigenvalue weighted by Gasteiger charge is 2.61. The predicted molar refractivity (Wildman–Crippen MR) is 102 cm³/mol. The van der Waals surface area contributed by atoms with Crippen LogP contribution in [-0.4, -0.2) is 14.0 Å². The normalized spacial score (nSPS) is 39.8. The molecule has 1 aromatic carbocycles. The average Bonchev–Trinajstić information content (AvgIpc) is 2.29. The zero-order chi connectivity index (χ0) is 18.3. The number of rotatable bonds is 3. The van der Waals surface area contributed by atoms with Crippen LogP contribution in [0.4, 0.5) is 0 Å². The molecule has 0 heterocycles. The fourth-order valence-electron chi connectivity index (χ4n) is 6.68. The van der Waals surface area contributed by atoms with Crippen LogP contribution in [0.15, 0.2) is 17.0 Å². The van der Waals surface area contributed by atoms with Gasteiger partial charge in [-0.25, -0.2) is 13.1 Å². The molecule has 0 aromatic heterocycles. The van der Waals surface area contributed by atoms with Gasteiger partial charge in [-0.05, 0) is 67.4 Å². The van der Waals surface area contributed by atoms with Gasteiger partial charge < -0.3 is 0 Å². The molecule has 4 bridgehead atoms. The molecule has 3 nitrogen and oxygen atoms in total. The van der Waals surface area contributed by atoms with Crippen molar-refractivity contribution in [3.63, 3.8) is 0 Å². The van der Waals surface area contributed by atoms with Crippen LogP contribution in [-0.2, 0) is 10.0 Å². The molecule has 0 spiro atoms. The third kappa shape index (κ3) is 3.12. The van der Waals surface area contributed by atoms with Crippen molar-refractivity contribution in [3.05, 3.63) is 27.2 Å². The van der Waals surface area contributed by atoms with Gasteiger partial charge in [0.25, 0.3) is 0 Å². The van der Waals surface area contributed by atoms with E-state index >= 15 is 0 Å². The Bertz CT molecular complexity index is 813. The van der Waals surface area contributed by atoms with Crippen LogP contribution in [0, 0.1) is 16.7 Å². The first-order chi connectivity index (χ1) is 11.4. The Morgan fingerprint density at radius 1 is 0.960 bits per heavy atom. The van der Waals surface area contributed by atoms with Crippen LogP contribution in [0.25, 0.3) is 0 Å². The van der Waals surface area contributed by atoms with E-state index in [2.05, 4.69) is 18.6 Å². The summed E-state index contributed by atoms with van der Waals surface area (Å²) in [5.41, 5.74) is 0.0303. The van der Waals surface area contributed by atoms with E-state index in [9.17, 15) is 8.42 Å². The van der Waals surface area contributed by atoms with Crippen LogP contribution >= 0.6 is 34.8 Å². The molecule has 1 N–H and O–H groups in total. The molecule has 0 amide bonds. The van der Waals surface area contributed by atoms with Gasteiger partial charge in [-0.2, -0.15) is 0 Å². The molecular formula is C18H22Cl3NO2S. The van der Waals surface area contributed by atoms with Crippen molar-refractivity contribution < 1.29 is 8.42 Å². The summed E-state index contributed by atoms with van der Waals surface area (Å²) < 4.78 is 29.3. The molecule has 4 fully saturated rings. The number of hydrogen-bond acceptors (Lipinski definition) is 2. The summed E-state index contributed by atoms with van der Waals surface area (Å²) in [5.74, 6) is 0.588. The summed E-state index contributed by atoms with van der Waals surface area (Å²) in [6.45, 7) is 4.61. The molecule has 25 heavy (non-hydrogen) atoms. The summed E-state index contributed by atoms with van der Waals surface area (Å²) in [6.07, 6.45) is 6.26. The van der Waals surface area contributed by atoms with Crippen molar-refractivity contribution in [1.29, 1.82) is 0 Å². The summed E-state index contributed by atoms with van der Waals surface area (Å²) in [4.78, 5) is -0.0636. The topological polar surface area (TPSA) is 46.2 Å². The van der Waals surface area contributed by atoms with Gasteiger partial charge in [0.05, 0.1) is 10.0 Å². The predicted octanol–water partition coefficient (Wildman–Crippen LogP) is 5.67. The van der Waals surface area contributed by atoms with E-state index in [0.29, 0.717) is 10.9 Å². The van der Waals surface area contributed by atoms with E-state index in [1.807, 2.05) is 0 Å². The summed E-state index contributed by atoms with van der Waals surface area (Å²) in [5, 5.41) is 0.447.